The summed E-state index contributed by atoms with van der Waals surface area (Å²) in [4.78, 5) is 50.7. The van der Waals surface area contributed by atoms with Crippen molar-refractivity contribution in [3.8, 4) is 0 Å². The van der Waals surface area contributed by atoms with Crippen molar-refractivity contribution in [2.24, 2.45) is 0 Å². The van der Waals surface area contributed by atoms with Crippen LogP contribution in [0.4, 0.5) is 5.69 Å². The normalized spacial score (nSPS) is 11.3. The molecule has 0 radical (unpaired) electrons. The minimum atomic E-state index is -4.03. The molecular formula is C38H29NO8S3. The van der Waals surface area contributed by atoms with Gasteiger partial charge in [-0.15, -0.1) is 22.7 Å². The number of sulfone groups is 1. The lowest BCUT2D eigenvalue weighted by Crippen LogP contribution is -2.16. The molecule has 5 aromatic carbocycles. The van der Waals surface area contributed by atoms with Gasteiger partial charge >= 0.3 is 11.9 Å². The molecule has 2 N–H and O–H groups in total. The second-order valence-electron chi connectivity index (χ2n) is 10.9. The number of carbonyl (C=O) groups is 2. The maximum absolute atomic E-state index is 13.3. The highest BCUT2D eigenvalue weighted by Crippen LogP contribution is 2.33. The lowest BCUT2D eigenvalue weighted by Gasteiger charge is -2.13. The zero-order chi connectivity index (χ0) is 35.6. The third kappa shape index (κ3) is 6.36. The summed E-state index contributed by atoms with van der Waals surface area (Å²) in [6.07, 6.45) is 0. The van der Waals surface area contributed by atoms with Crippen LogP contribution < -0.4 is 16.6 Å². The van der Waals surface area contributed by atoms with Gasteiger partial charge < -0.3 is 15.2 Å². The van der Waals surface area contributed by atoms with Crippen LogP contribution in [0.15, 0.2) is 123 Å². The summed E-state index contributed by atoms with van der Waals surface area (Å²) in [6, 6.07) is 28.4. The van der Waals surface area contributed by atoms with Crippen molar-refractivity contribution in [1.29, 1.82) is 0 Å². The molecule has 0 unspecified atom stereocenters. The van der Waals surface area contributed by atoms with E-state index in [1.165, 1.54) is 46.9 Å². The highest BCUT2D eigenvalue weighted by atomic mass is 32.2. The van der Waals surface area contributed by atoms with E-state index < -0.39 is 21.8 Å². The summed E-state index contributed by atoms with van der Waals surface area (Å²) in [7, 11) is -4.03. The standard InChI is InChI=1S/C22H16O5S2.C16H13NO3S/c1-2-27-22(24)20-18(29(25,26)14-8-4-3-5-9-14)13-12-17-19(20)21(23)15-10-6-7-11-16(15)28-17;1-2-20-16(19)11-7-9(17)8-13-14(11)15(18)10-5-3-4-6-12(10)21-13/h3-13H,2H2,1H3;3-8H,2,17H2,1H3. The van der Waals surface area contributed by atoms with Crippen molar-refractivity contribution < 1.29 is 27.5 Å². The maximum Gasteiger partial charge on any atom is 0.340 e. The van der Waals surface area contributed by atoms with E-state index in [1.807, 2.05) is 30.3 Å². The van der Waals surface area contributed by atoms with Crippen molar-refractivity contribution in [3.05, 3.63) is 135 Å². The van der Waals surface area contributed by atoms with Gasteiger partial charge in [-0.25, -0.2) is 18.0 Å². The second kappa shape index (κ2) is 14.2. The van der Waals surface area contributed by atoms with Crippen LogP contribution >= 0.6 is 22.7 Å². The largest absolute Gasteiger partial charge is 0.462 e. The number of nitrogen functional groups attached to an aromatic ring is 1. The Morgan fingerprint density at radius 2 is 1.18 bits per heavy atom. The fourth-order valence-electron chi connectivity index (χ4n) is 5.55. The first kappa shape index (κ1) is 34.4. The molecule has 50 heavy (non-hydrogen) atoms. The fourth-order valence-corrected chi connectivity index (χ4v) is 9.26. The Kier molecular flexibility index (Phi) is 9.78. The van der Waals surface area contributed by atoms with Crippen molar-refractivity contribution in [3.63, 3.8) is 0 Å². The van der Waals surface area contributed by atoms with Crippen molar-refractivity contribution in [2.75, 3.05) is 18.9 Å². The average molecular weight is 724 g/mol. The maximum atomic E-state index is 13.3. The summed E-state index contributed by atoms with van der Waals surface area (Å²) < 4.78 is 39.6. The first-order valence-corrected chi connectivity index (χ1v) is 18.6. The minimum absolute atomic E-state index is 0.0433. The Bertz CT molecular complexity index is 2680. The van der Waals surface area contributed by atoms with E-state index in [2.05, 4.69) is 0 Å². The van der Waals surface area contributed by atoms with Gasteiger partial charge in [-0.1, -0.05) is 42.5 Å². The number of carbonyl (C=O) groups excluding carboxylic acids is 2. The predicted molar refractivity (Wildman–Crippen MR) is 199 cm³/mol. The predicted octanol–water partition coefficient (Wildman–Crippen LogP) is 7.60. The molecule has 0 spiro atoms. The third-order valence-electron chi connectivity index (χ3n) is 7.73. The van der Waals surface area contributed by atoms with E-state index in [1.54, 1.807) is 62.4 Å². The van der Waals surface area contributed by atoms with Crippen LogP contribution in [0.25, 0.3) is 40.3 Å². The molecule has 0 aliphatic heterocycles. The molecule has 9 nitrogen and oxygen atoms in total. The molecule has 12 heteroatoms. The molecule has 7 rings (SSSR count). The Morgan fingerprint density at radius 1 is 0.640 bits per heavy atom. The van der Waals surface area contributed by atoms with Crippen LogP contribution in [0.5, 0.6) is 0 Å². The van der Waals surface area contributed by atoms with E-state index >= 15 is 0 Å². The lowest BCUT2D eigenvalue weighted by molar-refractivity contribution is 0.0516. The zero-order valence-electron chi connectivity index (χ0n) is 26.8. The first-order chi connectivity index (χ1) is 24.1. The number of anilines is 1. The molecule has 0 atom stereocenters. The minimum Gasteiger partial charge on any atom is -0.462 e. The van der Waals surface area contributed by atoms with Crippen molar-refractivity contribution >= 4 is 90.5 Å². The van der Waals surface area contributed by atoms with Crippen molar-refractivity contribution in [1.82, 2.24) is 0 Å². The van der Waals surface area contributed by atoms with Crippen LogP contribution in [0.2, 0.25) is 0 Å². The molecule has 7 aromatic rings. The Balaban J connectivity index is 0.000000182. The molecule has 0 aliphatic rings. The highest BCUT2D eigenvalue weighted by Gasteiger charge is 2.29. The molecule has 0 saturated heterocycles. The van der Waals surface area contributed by atoms with Gasteiger partial charge in [-0.05, 0) is 74.5 Å². The molecule has 0 bridgehead atoms. The molecule has 0 fully saturated rings. The van der Waals surface area contributed by atoms with E-state index in [-0.39, 0.29) is 50.4 Å². The van der Waals surface area contributed by atoms with E-state index in [4.69, 9.17) is 15.2 Å². The smallest absolute Gasteiger partial charge is 0.340 e. The zero-order valence-corrected chi connectivity index (χ0v) is 29.2. The van der Waals surface area contributed by atoms with Gasteiger partial charge in [0.2, 0.25) is 9.84 Å². The van der Waals surface area contributed by atoms with Gasteiger partial charge in [0, 0.05) is 35.3 Å². The van der Waals surface area contributed by atoms with Crippen LogP contribution in [0, 0.1) is 0 Å². The lowest BCUT2D eigenvalue weighted by atomic mass is 10.1. The topological polar surface area (TPSA) is 147 Å². The number of benzene rings is 5. The number of hydrogen-bond acceptors (Lipinski definition) is 11. The number of hydrogen-bond donors (Lipinski definition) is 1. The average Bonchev–Trinajstić information content (AvgIpc) is 3.11. The van der Waals surface area contributed by atoms with Gasteiger partial charge in [0.15, 0.2) is 10.9 Å². The van der Waals surface area contributed by atoms with Gasteiger partial charge in [-0.2, -0.15) is 0 Å². The van der Waals surface area contributed by atoms with Gasteiger partial charge in [-0.3, -0.25) is 9.59 Å². The molecule has 0 aliphatic carbocycles. The number of ether oxygens (including phenoxy) is 2. The SMILES string of the molecule is CCOC(=O)c1c(S(=O)(=O)c2ccccc2)ccc2sc3ccccc3c(=O)c12.CCOC(=O)c1cc(N)cc2sc3ccccc3c(=O)c12. The third-order valence-corrected chi connectivity index (χ3v) is 11.8. The highest BCUT2D eigenvalue weighted by molar-refractivity contribution is 7.91. The summed E-state index contributed by atoms with van der Waals surface area (Å²) in [5, 5.41) is 1.49. The van der Waals surface area contributed by atoms with Gasteiger partial charge in [0.25, 0.3) is 0 Å². The first-order valence-electron chi connectivity index (χ1n) is 15.4. The Hall–Kier alpha value is -5.43. The monoisotopic (exact) mass is 723 g/mol. The number of nitrogens with two attached hydrogens (primary N) is 1. The number of esters is 2. The van der Waals surface area contributed by atoms with E-state index in [9.17, 15) is 27.6 Å². The quantitative estimate of drug-likeness (QED) is 0.104. The number of rotatable bonds is 6. The van der Waals surface area contributed by atoms with Crippen molar-refractivity contribution in [2.45, 2.75) is 23.6 Å². The van der Waals surface area contributed by atoms with Gasteiger partial charge in [0.1, 0.15) is 0 Å². The van der Waals surface area contributed by atoms with E-state index in [0.717, 1.165) is 9.40 Å². The van der Waals surface area contributed by atoms with Crippen LogP contribution in [0.1, 0.15) is 34.6 Å². The fraction of sp³-hybridized carbons (Fsp3) is 0.105. The van der Waals surface area contributed by atoms with Crippen LogP contribution in [-0.4, -0.2) is 33.6 Å². The summed E-state index contributed by atoms with van der Waals surface area (Å²) in [5.74, 6) is -1.35. The molecule has 0 saturated carbocycles. The molecule has 2 aromatic heterocycles. The molecule has 0 amide bonds. The molecule has 2 heterocycles. The van der Waals surface area contributed by atoms with Gasteiger partial charge in [0.05, 0.1) is 44.9 Å². The summed E-state index contributed by atoms with van der Waals surface area (Å²) in [6.45, 7) is 3.67. The number of fused-ring (bicyclic) bond motifs is 4. The summed E-state index contributed by atoms with van der Waals surface area (Å²) in [5.41, 5.74) is 5.77. The molecular weight excluding hydrogens is 695 g/mol. The Labute approximate surface area is 294 Å². The second-order valence-corrected chi connectivity index (χ2v) is 15.0. The summed E-state index contributed by atoms with van der Waals surface area (Å²) >= 11 is 2.77. The molecule has 252 valence electrons. The Morgan fingerprint density at radius 3 is 1.80 bits per heavy atom. The van der Waals surface area contributed by atoms with E-state index in [0.29, 0.717) is 31.2 Å². The van der Waals surface area contributed by atoms with Crippen LogP contribution in [-0.2, 0) is 19.3 Å². The van der Waals surface area contributed by atoms with Crippen LogP contribution in [0.3, 0.4) is 0 Å².